The number of carboxylic acid groups (broad SMARTS) is 1. The second-order valence-electron chi connectivity index (χ2n) is 4.50. The summed E-state index contributed by atoms with van der Waals surface area (Å²) >= 11 is 4.94. The van der Waals surface area contributed by atoms with Crippen LogP contribution in [-0.2, 0) is 0 Å². The first-order chi connectivity index (χ1) is 10.0. The number of hydrogen-bond acceptors (Lipinski definition) is 4. The molecule has 0 amide bonds. The Morgan fingerprint density at radius 2 is 2.19 bits per heavy atom. The van der Waals surface area contributed by atoms with Crippen molar-refractivity contribution in [3.8, 4) is 22.0 Å². The van der Waals surface area contributed by atoms with E-state index in [4.69, 9.17) is 9.52 Å². The third-order valence-corrected chi connectivity index (χ3v) is 4.39. The molecule has 0 unspecified atom stereocenters. The van der Waals surface area contributed by atoms with Gasteiger partial charge in [0.2, 0.25) is 0 Å². The Bertz CT molecular complexity index is 822. The lowest BCUT2D eigenvalue weighted by Crippen LogP contribution is -1.91. The molecule has 3 rings (SSSR count). The summed E-state index contributed by atoms with van der Waals surface area (Å²) in [5.41, 5.74) is 2.94. The SMILES string of the molecule is Cc1cc(Br)ccc1-c1nc(-c2cc(C(=O)O)co2)cs1. The number of hydrogen-bond donors (Lipinski definition) is 1. The van der Waals surface area contributed by atoms with Gasteiger partial charge in [0.25, 0.3) is 0 Å². The molecular weight excluding hydrogens is 354 g/mol. The van der Waals surface area contributed by atoms with Gasteiger partial charge >= 0.3 is 5.97 Å². The van der Waals surface area contributed by atoms with Gasteiger partial charge in [0, 0.05) is 21.5 Å². The Kier molecular flexibility index (Phi) is 3.65. The third kappa shape index (κ3) is 2.77. The maximum absolute atomic E-state index is 10.9. The van der Waals surface area contributed by atoms with Crippen LogP contribution in [0.15, 0.2) is 44.8 Å². The van der Waals surface area contributed by atoms with Crippen molar-refractivity contribution in [3.63, 3.8) is 0 Å². The van der Waals surface area contributed by atoms with Crippen molar-refractivity contribution in [2.75, 3.05) is 0 Å². The molecule has 0 radical (unpaired) electrons. The Balaban J connectivity index is 1.97. The molecule has 0 bridgehead atoms. The average molecular weight is 364 g/mol. The van der Waals surface area contributed by atoms with Crippen LogP contribution in [0, 0.1) is 6.92 Å². The van der Waals surface area contributed by atoms with Gasteiger partial charge in [-0.25, -0.2) is 9.78 Å². The number of aryl methyl sites for hydroxylation is 1. The van der Waals surface area contributed by atoms with Crippen molar-refractivity contribution in [2.45, 2.75) is 6.92 Å². The van der Waals surface area contributed by atoms with E-state index in [0.29, 0.717) is 11.5 Å². The standard InChI is InChI=1S/C15H10BrNO3S/c1-8-4-10(16)2-3-11(8)14-17-12(7-21-14)13-5-9(6-20-13)15(18)19/h2-7H,1H3,(H,18,19). The lowest BCUT2D eigenvalue weighted by molar-refractivity contribution is 0.0696. The molecule has 0 atom stereocenters. The van der Waals surface area contributed by atoms with Crippen molar-refractivity contribution in [3.05, 3.63) is 51.5 Å². The molecule has 1 N–H and O–H groups in total. The van der Waals surface area contributed by atoms with Crippen molar-refractivity contribution < 1.29 is 14.3 Å². The van der Waals surface area contributed by atoms with Crippen molar-refractivity contribution >= 4 is 33.2 Å². The molecule has 2 aromatic heterocycles. The summed E-state index contributed by atoms with van der Waals surface area (Å²) in [5.74, 6) is -0.547. The van der Waals surface area contributed by atoms with Gasteiger partial charge in [-0.1, -0.05) is 22.0 Å². The van der Waals surface area contributed by atoms with E-state index in [-0.39, 0.29) is 5.56 Å². The lowest BCUT2D eigenvalue weighted by Gasteiger charge is -2.02. The summed E-state index contributed by atoms with van der Waals surface area (Å²) in [5, 5.41) is 11.6. The second-order valence-corrected chi connectivity index (χ2v) is 6.28. The summed E-state index contributed by atoms with van der Waals surface area (Å²) in [4.78, 5) is 15.4. The summed E-state index contributed by atoms with van der Waals surface area (Å²) < 4.78 is 6.29. The molecule has 0 aliphatic rings. The van der Waals surface area contributed by atoms with Gasteiger partial charge in [0.05, 0.1) is 5.56 Å². The highest BCUT2D eigenvalue weighted by molar-refractivity contribution is 9.10. The number of aromatic nitrogens is 1. The van der Waals surface area contributed by atoms with E-state index in [0.717, 1.165) is 20.6 Å². The van der Waals surface area contributed by atoms with Crippen LogP contribution in [-0.4, -0.2) is 16.1 Å². The molecule has 0 fully saturated rings. The fourth-order valence-electron chi connectivity index (χ4n) is 1.96. The predicted molar refractivity (Wildman–Crippen MR) is 84.6 cm³/mol. The zero-order valence-corrected chi connectivity index (χ0v) is 13.4. The molecule has 2 heterocycles. The van der Waals surface area contributed by atoms with Crippen LogP contribution >= 0.6 is 27.3 Å². The Hall–Kier alpha value is -1.92. The number of benzene rings is 1. The Labute approximate surface area is 133 Å². The average Bonchev–Trinajstić information content (AvgIpc) is 3.07. The maximum atomic E-state index is 10.9. The van der Waals surface area contributed by atoms with E-state index in [1.54, 1.807) is 0 Å². The summed E-state index contributed by atoms with van der Waals surface area (Å²) in [7, 11) is 0. The second kappa shape index (κ2) is 5.46. The van der Waals surface area contributed by atoms with Crippen LogP contribution in [0.2, 0.25) is 0 Å². The Morgan fingerprint density at radius 1 is 1.38 bits per heavy atom. The molecule has 0 saturated heterocycles. The van der Waals surface area contributed by atoms with Crippen molar-refractivity contribution in [2.24, 2.45) is 0 Å². The first-order valence-electron chi connectivity index (χ1n) is 6.09. The fraction of sp³-hybridized carbons (Fsp3) is 0.0667. The van der Waals surface area contributed by atoms with Crippen LogP contribution < -0.4 is 0 Å². The van der Waals surface area contributed by atoms with E-state index in [1.807, 2.05) is 30.5 Å². The van der Waals surface area contributed by atoms with Gasteiger partial charge in [-0.05, 0) is 24.6 Å². The number of furan rings is 1. The zero-order chi connectivity index (χ0) is 15.0. The number of carbonyl (C=O) groups is 1. The molecule has 0 saturated carbocycles. The molecule has 4 nitrogen and oxygen atoms in total. The zero-order valence-electron chi connectivity index (χ0n) is 11.0. The van der Waals surface area contributed by atoms with Crippen LogP contribution in [0.3, 0.4) is 0 Å². The number of aromatic carboxylic acids is 1. The summed E-state index contributed by atoms with van der Waals surface area (Å²) in [6.45, 7) is 2.02. The first-order valence-corrected chi connectivity index (χ1v) is 7.76. The molecular formula is C15H10BrNO3S. The summed E-state index contributed by atoms with van der Waals surface area (Å²) in [6.07, 6.45) is 1.22. The quantitative estimate of drug-likeness (QED) is 0.722. The molecule has 106 valence electrons. The molecule has 3 aromatic rings. The van der Waals surface area contributed by atoms with E-state index in [1.165, 1.54) is 23.7 Å². The number of thiazole rings is 1. The highest BCUT2D eigenvalue weighted by Crippen LogP contribution is 2.32. The minimum Gasteiger partial charge on any atom is -0.478 e. The van der Waals surface area contributed by atoms with Gasteiger partial charge in [-0.2, -0.15) is 0 Å². The Morgan fingerprint density at radius 3 is 2.86 bits per heavy atom. The molecule has 0 aliphatic carbocycles. The van der Waals surface area contributed by atoms with Crippen molar-refractivity contribution in [1.82, 2.24) is 4.98 Å². The molecule has 6 heteroatoms. The van der Waals surface area contributed by atoms with Gasteiger partial charge in [-0.15, -0.1) is 11.3 Å². The normalized spacial score (nSPS) is 10.8. The lowest BCUT2D eigenvalue weighted by atomic mass is 10.1. The number of nitrogens with zero attached hydrogens (tertiary/aromatic N) is 1. The monoisotopic (exact) mass is 363 g/mol. The first kappa shape index (κ1) is 14.0. The van der Waals surface area contributed by atoms with Crippen LogP contribution in [0.1, 0.15) is 15.9 Å². The van der Waals surface area contributed by atoms with Gasteiger partial charge in [0.1, 0.15) is 17.0 Å². The van der Waals surface area contributed by atoms with Crippen LogP contribution in [0.5, 0.6) is 0 Å². The molecule has 1 aromatic carbocycles. The van der Waals surface area contributed by atoms with Gasteiger partial charge in [0.15, 0.2) is 5.76 Å². The van der Waals surface area contributed by atoms with E-state index >= 15 is 0 Å². The number of rotatable bonds is 3. The summed E-state index contributed by atoms with van der Waals surface area (Å²) in [6, 6.07) is 7.49. The van der Waals surface area contributed by atoms with Crippen LogP contribution in [0.25, 0.3) is 22.0 Å². The van der Waals surface area contributed by atoms with Crippen molar-refractivity contribution in [1.29, 1.82) is 0 Å². The van der Waals surface area contributed by atoms with E-state index in [2.05, 4.69) is 20.9 Å². The number of carboxylic acids is 1. The van der Waals surface area contributed by atoms with Crippen LogP contribution in [0.4, 0.5) is 0 Å². The minimum atomic E-state index is -1.01. The largest absolute Gasteiger partial charge is 0.478 e. The van der Waals surface area contributed by atoms with Gasteiger partial charge in [-0.3, -0.25) is 0 Å². The van der Waals surface area contributed by atoms with E-state index in [9.17, 15) is 4.79 Å². The fourth-order valence-corrected chi connectivity index (χ4v) is 3.34. The number of halogens is 1. The maximum Gasteiger partial charge on any atom is 0.338 e. The third-order valence-electron chi connectivity index (χ3n) is 3.02. The predicted octanol–water partition coefficient (Wildman–Crippen LogP) is 4.84. The van der Waals surface area contributed by atoms with E-state index < -0.39 is 5.97 Å². The smallest absolute Gasteiger partial charge is 0.338 e. The van der Waals surface area contributed by atoms with Gasteiger partial charge < -0.3 is 9.52 Å². The topological polar surface area (TPSA) is 63.3 Å². The highest BCUT2D eigenvalue weighted by atomic mass is 79.9. The molecule has 0 aliphatic heterocycles. The minimum absolute atomic E-state index is 0.124. The molecule has 21 heavy (non-hydrogen) atoms. The molecule has 0 spiro atoms. The highest BCUT2D eigenvalue weighted by Gasteiger charge is 2.14.